The van der Waals surface area contributed by atoms with E-state index in [1.807, 2.05) is 38.1 Å². The van der Waals surface area contributed by atoms with Gasteiger partial charge in [0.05, 0.1) is 16.3 Å². The second-order valence-electron chi connectivity index (χ2n) is 7.65. The summed E-state index contributed by atoms with van der Waals surface area (Å²) in [7, 11) is 0. The van der Waals surface area contributed by atoms with Crippen LogP contribution in [0, 0.1) is 6.92 Å². The van der Waals surface area contributed by atoms with Crippen molar-refractivity contribution in [2.45, 2.75) is 39.5 Å². The van der Waals surface area contributed by atoms with E-state index in [0.29, 0.717) is 34.9 Å². The minimum atomic E-state index is -0.384. The Morgan fingerprint density at radius 1 is 1.06 bits per heavy atom. The Kier molecular flexibility index (Phi) is 6.42. The maximum atomic E-state index is 13.0. The van der Waals surface area contributed by atoms with Crippen molar-refractivity contribution in [3.8, 4) is 0 Å². The number of amides is 2. The molecule has 0 bridgehead atoms. The molecular weight excluding hydrogens is 426 g/mol. The summed E-state index contributed by atoms with van der Waals surface area (Å²) in [6.07, 6.45) is 3.02. The normalized spacial score (nSPS) is 14.2. The third-order valence-corrected chi connectivity index (χ3v) is 5.92. The molecule has 0 unspecified atom stereocenters. The molecule has 32 heavy (non-hydrogen) atoms. The molecule has 2 aromatic carbocycles. The van der Waals surface area contributed by atoms with E-state index in [1.54, 1.807) is 24.3 Å². The second-order valence-corrected chi connectivity index (χ2v) is 8.06. The van der Waals surface area contributed by atoms with Gasteiger partial charge in [-0.2, -0.15) is 5.10 Å². The first-order valence-electron chi connectivity index (χ1n) is 10.6. The van der Waals surface area contributed by atoms with Gasteiger partial charge in [0.1, 0.15) is 5.76 Å². The molecule has 0 aliphatic heterocycles. The Balaban J connectivity index is 1.59. The lowest BCUT2D eigenvalue weighted by molar-refractivity contribution is 0.0953. The standard InChI is InChI=1S/C25H24ClN3O3/c1-3-16-9-4-7-12-19(16)27-25(31)23-15(2)22-20(13-8-14-21(22)32-23)28-29-24(30)17-10-5-6-11-18(17)26/h4-7,9-12H,3,8,13-14H2,1-2H3,(H,27,31)(H,29,30)/b28-20+. The van der Waals surface area contributed by atoms with E-state index in [9.17, 15) is 9.59 Å². The average molecular weight is 450 g/mol. The van der Waals surface area contributed by atoms with Crippen molar-refractivity contribution in [1.82, 2.24) is 5.43 Å². The van der Waals surface area contributed by atoms with Crippen molar-refractivity contribution in [3.63, 3.8) is 0 Å². The van der Waals surface area contributed by atoms with Crippen molar-refractivity contribution < 1.29 is 14.0 Å². The van der Waals surface area contributed by atoms with Crippen LogP contribution in [0.25, 0.3) is 0 Å². The molecule has 6 nitrogen and oxygen atoms in total. The monoisotopic (exact) mass is 449 g/mol. The van der Waals surface area contributed by atoms with Crippen LogP contribution in [-0.2, 0) is 12.8 Å². The van der Waals surface area contributed by atoms with Gasteiger partial charge in [0, 0.05) is 23.2 Å². The fourth-order valence-corrected chi connectivity index (χ4v) is 4.17. The van der Waals surface area contributed by atoms with Crippen LogP contribution in [0.5, 0.6) is 0 Å². The topological polar surface area (TPSA) is 83.7 Å². The number of hydrogen-bond acceptors (Lipinski definition) is 4. The number of carbonyl (C=O) groups is 2. The summed E-state index contributed by atoms with van der Waals surface area (Å²) < 4.78 is 5.96. The van der Waals surface area contributed by atoms with Gasteiger partial charge in [0.2, 0.25) is 0 Å². The zero-order valence-electron chi connectivity index (χ0n) is 18.0. The molecule has 0 spiro atoms. The van der Waals surface area contributed by atoms with Crippen molar-refractivity contribution in [3.05, 3.63) is 87.3 Å². The molecule has 0 atom stereocenters. The molecule has 4 rings (SSSR count). The van der Waals surface area contributed by atoms with Crippen LogP contribution in [-0.4, -0.2) is 17.5 Å². The number of anilines is 1. The largest absolute Gasteiger partial charge is 0.455 e. The van der Waals surface area contributed by atoms with Crippen LogP contribution in [0.4, 0.5) is 5.69 Å². The number of halogens is 1. The van der Waals surface area contributed by atoms with Crippen molar-refractivity contribution in [2.75, 3.05) is 5.32 Å². The van der Waals surface area contributed by atoms with E-state index in [4.69, 9.17) is 16.0 Å². The number of hydrogen-bond donors (Lipinski definition) is 2. The van der Waals surface area contributed by atoms with Crippen LogP contribution in [0.15, 0.2) is 58.0 Å². The minimum absolute atomic E-state index is 0.271. The zero-order valence-corrected chi connectivity index (χ0v) is 18.8. The van der Waals surface area contributed by atoms with E-state index in [0.717, 1.165) is 35.2 Å². The number of furan rings is 1. The molecule has 1 aliphatic rings. The minimum Gasteiger partial charge on any atom is -0.455 e. The van der Waals surface area contributed by atoms with E-state index in [1.165, 1.54) is 0 Å². The first-order chi connectivity index (χ1) is 15.5. The van der Waals surface area contributed by atoms with E-state index in [-0.39, 0.29) is 17.6 Å². The van der Waals surface area contributed by atoms with E-state index in [2.05, 4.69) is 15.8 Å². The molecule has 164 valence electrons. The highest BCUT2D eigenvalue weighted by molar-refractivity contribution is 6.33. The molecule has 3 aromatic rings. The fraction of sp³-hybridized carbons (Fsp3) is 0.240. The summed E-state index contributed by atoms with van der Waals surface area (Å²) in [6, 6.07) is 14.5. The van der Waals surface area contributed by atoms with Crippen LogP contribution in [0.1, 0.15) is 63.1 Å². The Morgan fingerprint density at radius 3 is 2.59 bits per heavy atom. The summed E-state index contributed by atoms with van der Waals surface area (Å²) in [5.41, 5.74) is 6.99. The lowest BCUT2D eigenvalue weighted by Gasteiger charge is -2.13. The Bertz CT molecular complexity index is 1210. The first-order valence-corrected chi connectivity index (χ1v) is 11.0. The summed E-state index contributed by atoms with van der Waals surface area (Å²) in [5, 5.41) is 7.68. The van der Waals surface area contributed by atoms with Crippen LogP contribution < -0.4 is 10.7 Å². The summed E-state index contributed by atoms with van der Waals surface area (Å²) >= 11 is 6.10. The van der Waals surface area contributed by atoms with E-state index < -0.39 is 0 Å². The second kappa shape index (κ2) is 9.40. The number of nitrogens with zero attached hydrogens (tertiary/aromatic N) is 1. The molecule has 0 fully saturated rings. The van der Waals surface area contributed by atoms with Gasteiger partial charge in [-0.1, -0.05) is 48.9 Å². The Hall–Kier alpha value is -3.38. The molecule has 0 saturated heterocycles. The third-order valence-electron chi connectivity index (χ3n) is 5.59. The molecule has 2 amide bonds. The molecule has 7 heteroatoms. The lowest BCUT2D eigenvalue weighted by atomic mass is 9.93. The highest BCUT2D eigenvalue weighted by atomic mass is 35.5. The predicted molar refractivity (Wildman–Crippen MR) is 126 cm³/mol. The number of rotatable bonds is 5. The number of carbonyl (C=O) groups excluding carboxylic acids is 2. The maximum absolute atomic E-state index is 13.0. The number of hydrazone groups is 1. The van der Waals surface area contributed by atoms with E-state index >= 15 is 0 Å². The van der Waals surface area contributed by atoms with Crippen molar-refractivity contribution in [1.29, 1.82) is 0 Å². The summed E-state index contributed by atoms with van der Waals surface area (Å²) in [6.45, 7) is 3.89. The van der Waals surface area contributed by atoms with Crippen molar-refractivity contribution >= 4 is 34.8 Å². The number of benzene rings is 2. The molecule has 1 heterocycles. The van der Waals surface area contributed by atoms with Gasteiger partial charge >= 0.3 is 0 Å². The predicted octanol–water partition coefficient (Wildman–Crippen LogP) is 5.53. The highest BCUT2D eigenvalue weighted by Gasteiger charge is 2.28. The number of aryl methyl sites for hydroxylation is 2. The van der Waals surface area contributed by atoms with Crippen molar-refractivity contribution in [2.24, 2.45) is 5.10 Å². The SMILES string of the molecule is CCc1ccccc1NC(=O)c1oc2c(c1C)/C(=N/NC(=O)c1ccccc1Cl)CCC2. The molecule has 1 aliphatic carbocycles. The highest BCUT2D eigenvalue weighted by Crippen LogP contribution is 2.30. The van der Waals surface area contributed by atoms with Crippen LogP contribution in [0.2, 0.25) is 5.02 Å². The summed E-state index contributed by atoms with van der Waals surface area (Å²) in [5.74, 6) is 0.309. The fourth-order valence-electron chi connectivity index (χ4n) is 3.95. The number of para-hydroxylation sites is 1. The van der Waals surface area contributed by atoms with Gasteiger partial charge in [0.25, 0.3) is 11.8 Å². The average Bonchev–Trinajstić information content (AvgIpc) is 3.15. The molecule has 1 aromatic heterocycles. The van der Waals surface area contributed by atoms with Gasteiger partial charge in [-0.25, -0.2) is 5.43 Å². The van der Waals surface area contributed by atoms with Gasteiger partial charge in [-0.15, -0.1) is 0 Å². The smallest absolute Gasteiger partial charge is 0.291 e. The van der Waals surface area contributed by atoms with Gasteiger partial charge in [0.15, 0.2) is 5.76 Å². The zero-order chi connectivity index (χ0) is 22.7. The maximum Gasteiger partial charge on any atom is 0.291 e. The summed E-state index contributed by atoms with van der Waals surface area (Å²) in [4.78, 5) is 25.5. The van der Waals surface area contributed by atoms with Crippen LogP contribution >= 0.6 is 11.6 Å². The molecule has 2 N–H and O–H groups in total. The molecule has 0 saturated carbocycles. The number of nitrogens with one attached hydrogen (secondary N) is 2. The lowest BCUT2D eigenvalue weighted by Crippen LogP contribution is -2.22. The Morgan fingerprint density at radius 2 is 1.81 bits per heavy atom. The van der Waals surface area contributed by atoms with Gasteiger partial charge in [-0.05, 0) is 49.9 Å². The van der Waals surface area contributed by atoms with Gasteiger partial charge in [-0.3, -0.25) is 9.59 Å². The third kappa shape index (κ3) is 4.32. The first kappa shape index (κ1) is 21.8. The van der Waals surface area contributed by atoms with Gasteiger partial charge < -0.3 is 9.73 Å². The molecular formula is C25H24ClN3O3. The molecule has 0 radical (unpaired) electrons. The number of fused-ring (bicyclic) bond motifs is 1. The van der Waals surface area contributed by atoms with Crippen LogP contribution in [0.3, 0.4) is 0 Å². The quantitative estimate of drug-likeness (QED) is 0.502. The Labute approximate surface area is 191 Å².